The summed E-state index contributed by atoms with van der Waals surface area (Å²) in [5, 5.41) is 3.73. The molecule has 3 rings (SSSR count). The summed E-state index contributed by atoms with van der Waals surface area (Å²) >= 11 is 1.55. The van der Waals surface area contributed by atoms with E-state index in [2.05, 4.69) is 29.2 Å². The van der Waals surface area contributed by atoms with Crippen molar-refractivity contribution < 1.29 is 9.47 Å². The molecule has 0 aliphatic rings. The number of ether oxygens (including phenoxy) is 2. The van der Waals surface area contributed by atoms with Crippen LogP contribution in [0.5, 0.6) is 11.6 Å². The lowest BCUT2D eigenvalue weighted by Crippen LogP contribution is -1.99. The van der Waals surface area contributed by atoms with Crippen LogP contribution < -0.4 is 9.47 Å². The Morgan fingerprint density at radius 3 is 2.28 bits per heavy atom. The van der Waals surface area contributed by atoms with Crippen LogP contribution >= 0.6 is 11.3 Å². The lowest BCUT2D eigenvalue weighted by Gasteiger charge is -2.11. The third-order valence-corrected chi connectivity index (χ3v) is 4.61. The van der Waals surface area contributed by atoms with Crippen molar-refractivity contribution in [3.05, 3.63) is 28.8 Å². The molecule has 0 atom stereocenters. The highest BCUT2D eigenvalue weighted by Crippen LogP contribution is 2.33. The summed E-state index contributed by atoms with van der Waals surface area (Å²) in [5.74, 6) is 2.31. The summed E-state index contributed by atoms with van der Waals surface area (Å²) in [7, 11) is 3.27. The maximum atomic E-state index is 5.46. The standard InChI is InChI=1S/C17H19N3O2S.C2H6/c1-9(2)12-8-23-17(18-12)15-19-14-10(3)13(21-4)7-6-11(14)16(20-15)22-5;1-2/h6-9H,1-5H3;1-2H3. The summed E-state index contributed by atoms with van der Waals surface area (Å²) in [5.41, 5.74) is 2.84. The Morgan fingerprint density at radius 2 is 1.72 bits per heavy atom. The number of aromatic nitrogens is 3. The minimum atomic E-state index is 0.379. The fourth-order valence-corrected chi connectivity index (χ4v) is 3.32. The van der Waals surface area contributed by atoms with Crippen LogP contribution in [0.15, 0.2) is 17.5 Å². The first kappa shape index (κ1) is 19.1. The van der Waals surface area contributed by atoms with Gasteiger partial charge in [-0.2, -0.15) is 4.98 Å². The van der Waals surface area contributed by atoms with E-state index in [-0.39, 0.29) is 0 Å². The van der Waals surface area contributed by atoms with Crippen LogP contribution in [0.1, 0.15) is 44.9 Å². The molecule has 5 nitrogen and oxygen atoms in total. The maximum Gasteiger partial charge on any atom is 0.224 e. The number of rotatable bonds is 4. The lowest BCUT2D eigenvalue weighted by molar-refractivity contribution is 0.402. The van der Waals surface area contributed by atoms with Crippen LogP contribution in [-0.4, -0.2) is 29.2 Å². The third kappa shape index (κ3) is 3.74. The Labute approximate surface area is 153 Å². The Bertz CT molecular complexity index is 859. The number of hydrogen-bond donors (Lipinski definition) is 0. The van der Waals surface area contributed by atoms with Gasteiger partial charge in [0.05, 0.1) is 30.8 Å². The minimum Gasteiger partial charge on any atom is -0.496 e. The average molecular weight is 359 g/mol. The minimum absolute atomic E-state index is 0.379. The summed E-state index contributed by atoms with van der Waals surface area (Å²) in [4.78, 5) is 13.9. The molecule has 25 heavy (non-hydrogen) atoms. The van der Waals surface area contributed by atoms with Gasteiger partial charge in [0.1, 0.15) is 5.75 Å². The molecule has 0 saturated heterocycles. The van der Waals surface area contributed by atoms with E-state index in [0.717, 1.165) is 32.9 Å². The smallest absolute Gasteiger partial charge is 0.224 e. The van der Waals surface area contributed by atoms with E-state index >= 15 is 0 Å². The maximum absolute atomic E-state index is 5.46. The van der Waals surface area contributed by atoms with E-state index in [1.54, 1.807) is 25.6 Å². The molecule has 0 spiro atoms. The van der Waals surface area contributed by atoms with E-state index in [1.165, 1.54) is 0 Å². The number of fused-ring (bicyclic) bond motifs is 1. The van der Waals surface area contributed by atoms with Crippen molar-refractivity contribution in [2.75, 3.05) is 14.2 Å². The molecule has 2 heterocycles. The van der Waals surface area contributed by atoms with E-state index < -0.39 is 0 Å². The molecule has 2 aromatic heterocycles. The van der Waals surface area contributed by atoms with Crippen molar-refractivity contribution in [2.24, 2.45) is 0 Å². The number of nitrogens with zero attached hydrogens (tertiary/aromatic N) is 3. The summed E-state index contributed by atoms with van der Waals surface area (Å²) < 4.78 is 10.9. The Hall–Kier alpha value is -2.21. The zero-order chi connectivity index (χ0) is 18.6. The van der Waals surface area contributed by atoms with Crippen molar-refractivity contribution in [3.8, 4) is 22.5 Å². The molecule has 0 saturated carbocycles. The monoisotopic (exact) mass is 359 g/mol. The second-order valence-electron chi connectivity index (χ2n) is 5.58. The molecule has 0 N–H and O–H groups in total. The van der Waals surface area contributed by atoms with Crippen molar-refractivity contribution in [1.82, 2.24) is 15.0 Å². The van der Waals surface area contributed by atoms with E-state index in [4.69, 9.17) is 14.5 Å². The van der Waals surface area contributed by atoms with Gasteiger partial charge in [0.15, 0.2) is 10.8 Å². The predicted octanol–water partition coefficient (Wildman–Crippen LogP) is 5.23. The van der Waals surface area contributed by atoms with E-state index in [0.29, 0.717) is 17.6 Å². The number of hydrogen-bond acceptors (Lipinski definition) is 6. The van der Waals surface area contributed by atoms with Crippen LogP contribution in [0.4, 0.5) is 0 Å². The molecule has 0 radical (unpaired) electrons. The molecule has 0 bridgehead atoms. The Morgan fingerprint density at radius 1 is 1.00 bits per heavy atom. The number of aryl methyl sites for hydroxylation is 1. The number of benzene rings is 1. The van der Waals surface area contributed by atoms with Crippen molar-refractivity contribution in [2.45, 2.75) is 40.5 Å². The highest BCUT2D eigenvalue weighted by molar-refractivity contribution is 7.13. The van der Waals surface area contributed by atoms with Gasteiger partial charge in [0.25, 0.3) is 0 Å². The van der Waals surface area contributed by atoms with Crippen LogP contribution in [-0.2, 0) is 0 Å². The van der Waals surface area contributed by atoms with Gasteiger partial charge in [-0.3, -0.25) is 0 Å². The SMILES string of the molecule is CC.COc1ccc2c(OC)nc(-c3nc(C(C)C)cs3)nc2c1C. The normalized spacial score (nSPS) is 10.6. The fraction of sp³-hybridized carbons (Fsp3) is 0.421. The van der Waals surface area contributed by atoms with Gasteiger partial charge >= 0.3 is 0 Å². The van der Waals surface area contributed by atoms with Gasteiger partial charge < -0.3 is 9.47 Å². The lowest BCUT2D eigenvalue weighted by atomic mass is 10.1. The van der Waals surface area contributed by atoms with Crippen molar-refractivity contribution in [1.29, 1.82) is 0 Å². The Kier molecular flexibility index (Phi) is 6.31. The summed E-state index contributed by atoms with van der Waals surface area (Å²) in [6.07, 6.45) is 0. The van der Waals surface area contributed by atoms with Crippen molar-refractivity contribution in [3.63, 3.8) is 0 Å². The first-order valence-electron chi connectivity index (χ1n) is 8.40. The zero-order valence-electron chi connectivity index (χ0n) is 15.9. The van der Waals surface area contributed by atoms with Gasteiger partial charge in [-0.15, -0.1) is 11.3 Å². The van der Waals surface area contributed by atoms with Crippen LogP contribution in [0.2, 0.25) is 0 Å². The van der Waals surface area contributed by atoms with E-state index in [9.17, 15) is 0 Å². The van der Waals surface area contributed by atoms with Gasteiger partial charge in [0, 0.05) is 10.9 Å². The van der Waals surface area contributed by atoms with Gasteiger partial charge in [-0.25, -0.2) is 9.97 Å². The van der Waals surface area contributed by atoms with Crippen molar-refractivity contribution >= 4 is 22.2 Å². The highest BCUT2D eigenvalue weighted by atomic mass is 32.1. The molecule has 1 aromatic carbocycles. The highest BCUT2D eigenvalue weighted by Gasteiger charge is 2.16. The largest absolute Gasteiger partial charge is 0.496 e. The van der Waals surface area contributed by atoms with E-state index in [1.807, 2.05) is 32.9 Å². The molecule has 0 amide bonds. The van der Waals surface area contributed by atoms with Gasteiger partial charge in [-0.05, 0) is 25.0 Å². The second kappa shape index (κ2) is 8.25. The average Bonchev–Trinajstić information content (AvgIpc) is 3.13. The second-order valence-corrected chi connectivity index (χ2v) is 6.44. The molecule has 0 aliphatic heterocycles. The summed E-state index contributed by atoms with van der Waals surface area (Å²) in [6, 6.07) is 3.83. The molecule has 0 aliphatic carbocycles. The van der Waals surface area contributed by atoms with Gasteiger partial charge in [-0.1, -0.05) is 27.7 Å². The first-order valence-corrected chi connectivity index (χ1v) is 9.28. The number of thiazole rings is 1. The quantitative estimate of drug-likeness (QED) is 0.638. The molecule has 0 unspecified atom stereocenters. The Balaban J connectivity index is 0.00000109. The third-order valence-electron chi connectivity index (χ3n) is 3.75. The molecule has 134 valence electrons. The van der Waals surface area contributed by atoms with Gasteiger partial charge in [0.2, 0.25) is 5.88 Å². The first-order chi connectivity index (χ1) is 12.0. The van der Waals surface area contributed by atoms with Crippen LogP contribution in [0, 0.1) is 6.92 Å². The fourth-order valence-electron chi connectivity index (χ4n) is 2.41. The zero-order valence-corrected chi connectivity index (χ0v) is 16.7. The molecule has 6 heteroatoms. The van der Waals surface area contributed by atoms with Crippen LogP contribution in [0.25, 0.3) is 21.7 Å². The topological polar surface area (TPSA) is 57.1 Å². The molecule has 3 aromatic rings. The van der Waals surface area contributed by atoms with Crippen LogP contribution in [0.3, 0.4) is 0 Å². The molecular weight excluding hydrogens is 334 g/mol. The number of methoxy groups -OCH3 is 2. The predicted molar refractivity (Wildman–Crippen MR) is 104 cm³/mol. The molecular formula is C19H25N3O2S. The summed E-state index contributed by atoms with van der Waals surface area (Å²) in [6.45, 7) is 10.2. The molecule has 0 fully saturated rings.